The monoisotopic (exact) mass is 443 g/mol. The number of anilines is 1. The summed E-state index contributed by atoms with van der Waals surface area (Å²) in [6.07, 6.45) is 0. The molecule has 1 atom stereocenters. The Labute approximate surface area is 191 Å². The molecule has 1 aliphatic heterocycles. The van der Waals surface area contributed by atoms with Crippen LogP contribution in [0.1, 0.15) is 22.6 Å². The van der Waals surface area contributed by atoms with E-state index in [9.17, 15) is 4.79 Å². The quantitative estimate of drug-likeness (QED) is 0.465. The van der Waals surface area contributed by atoms with Gasteiger partial charge in [0.1, 0.15) is 0 Å². The SMILES string of the molecule is Cc1ccc(-n2nc(N3CC(c4ccccc4)C(c4ccc(Cl)cc4)=N3)n(C)c2=O)cc1. The van der Waals surface area contributed by atoms with Gasteiger partial charge in [0, 0.05) is 18.0 Å². The van der Waals surface area contributed by atoms with Crippen LogP contribution < -0.4 is 10.7 Å². The Balaban J connectivity index is 1.58. The minimum absolute atomic E-state index is 0.0389. The Morgan fingerprint density at radius 1 is 0.938 bits per heavy atom. The number of hydrogen-bond acceptors (Lipinski definition) is 4. The fourth-order valence-corrected chi connectivity index (χ4v) is 4.09. The Kier molecular flexibility index (Phi) is 5.15. The maximum Gasteiger partial charge on any atom is 0.351 e. The van der Waals surface area contributed by atoms with Gasteiger partial charge in [-0.2, -0.15) is 9.78 Å². The van der Waals surface area contributed by atoms with Gasteiger partial charge in [-0.05, 0) is 42.3 Å². The molecule has 3 aromatic carbocycles. The summed E-state index contributed by atoms with van der Waals surface area (Å²) in [5.41, 5.74) is 4.71. The van der Waals surface area contributed by atoms with E-state index in [1.54, 1.807) is 7.05 Å². The highest BCUT2D eigenvalue weighted by Gasteiger charge is 2.32. The van der Waals surface area contributed by atoms with Gasteiger partial charge in [-0.1, -0.05) is 71.8 Å². The van der Waals surface area contributed by atoms with Crippen LogP contribution in [0.3, 0.4) is 0 Å². The first-order valence-electron chi connectivity index (χ1n) is 10.4. The van der Waals surface area contributed by atoms with Gasteiger partial charge in [0.2, 0.25) is 5.95 Å². The first-order valence-corrected chi connectivity index (χ1v) is 10.8. The number of halogens is 1. The first-order chi connectivity index (χ1) is 15.5. The zero-order valence-electron chi connectivity index (χ0n) is 17.8. The fourth-order valence-electron chi connectivity index (χ4n) is 3.96. The van der Waals surface area contributed by atoms with Crippen molar-refractivity contribution in [2.45, 2.75) is 12.8 Å². The minimum atomic E-state index is -0.213. The number of rotatable bonds is 4. The second-order valence-corrected chi connectivity index (χ2v) is 8.36. The topological polar surface area (TPSA) is 55.4 Å². The van der Waals surface area contributed by atoms with E-state index in [1.165, 1.54) is 9.25 Å². The van der Waals surface area contributed by atoms with Crippen LogP contribution in [0, 0.1) is 6.92 Å². The number of nitrogens with zero attached hydrogens (tertiary/aromatic N) is 5. The summed E-state index contributed by atoms with van der Waals surface area (Å²) in [5, 5.41) is 12.0. The van der Waals surface area contributed by atoms with Crippen LogP contribution in [-0.2, 0) is 7.05 Å². The lowest BCUT2D eigenvalue weighted by molar-refractivity contribution is 0.765. The molecule has 6 nitrogen and oxygen atoms in total. The van der Waals surface area contributed by atoms with Crippen LogP contribution >= 0.6 is 11.6 Å². The molecule has 0 spiro atoms. The van der Waals surface area contributed by atoms with Crippen molar-refractivity contribution in [3.63, 3.8) is 0 Å². The van der Waals surface area contributed by atoms with Crippen LogP contribution in [0.4, 0.5) is 5.95 Å². The van der Waals surface area contributed by atoms with Gasteiger partial charge in [0.05, 0.1) is 17.9 Å². The molecule has 4 aromatic rings. The zero-order valence-corrected chi connectivity index (χ0v) is 18.6. The maximum atomic E-state index is 12.9. The fraction of sp³-hybridized carbons (Fsp3) is 0.160. The van der Waals surface area contributed by atoms with Crippen molar-refractivity contribution in [2.24, 2.45) is 12.1 Å². The molecule has 7 heteroatoms. The molecule has 160 valence electrons. The van der Waals surface area contributed by atoms with E-state index in [2.05, 4.69) is 17.2 Å². The zero-order chi connectivity index (χ0) is 22.2. The number of hydrogen-bond donors (Lipinski definition) is 0. The van der Waals surface area contributed by atoms with E-state index in [-0.39, 0.29) is 11.6 Å². The van der Waals surface area contributed by atoms with E-state index >= 15 is 0 Å². The molecular formula is C25H22ClN5O. The third-order valence-electron chi connectivity index (χ3n) is 5.72. The van der Waals surface area contributed by atoms with Crippen molar-refractivity contribution in [1.82, 2.24) is 14.3 Å². The molecule has 32 heavy (non-hydrogen) atoms. The van der Waals surface area contributed by atoms with Gasteiger partial charge < -0.3 is 0 Å². The molecule has 0 bridgehead atoms. The normalized spacial score (nSPS) is 15.8. The summed E-state index contributed by atoms with van der Waals surface area (Å²) in [5.74, 6) is 0.539. The molecule has 5 rings (SSSR count). The first kappa shape index (κ1) is 20.3. The number of benzene rings is 3. The Morgan fingerprint density at radius 3 is 2.31 bits per heavy atom. The molecule has 0 radical (unpaired) electrons. The van der Waals surface area contributed by atoms with Crippen LogP contribution in [0.25, 0.3) is 5.69 Å². The Morgan fingerprint density at radius 2 is 1.62 bits per heavy atom. The standard InChI is InChI=1S/C25H22ClN5O/c1-17-8-14-21(15-9-17)31-25(32)29(2)24(28-31)30-16-22(18-6-4-3-5-7-18)23(27-30)19-10-12-20(26)13-11-19/h3-15,22H,16H2,1-2H3. The summed E-state index contributed by atoms with van der Waals surface area (Å²) in [4.78, 5) is 12.9. The molecule has 1 unspecified atom stereocenters. The summed E-state index contributed by atoms with van der Waals surface area (Å²) >= 11 is 6.10. The van der Waals surface area contributed by atoms with Crippen molar-refractivity contribution in [1.29, 1.82) is 0 Å². The van der Waals surface area contributed by atoms with Crippen molar-refractivity contribution >= 4 is 23.3 Å². The van der Waals surface area contributed by atoms with Gasteiger partial charge in [0.25, 0.3) is 0 Å². The van der Waals surface area contributed by atoms with E-state index in [0.717, 1.165) is 28.1 Å². The molecule has 2 heterocycles. The van der Waals surface area contributed by atoms with Crippen LogP contribution in [-0.4, -0.2) is 26.6 Å². The highest BCUT2D eigenvalue weighted by molar-refractivity contribution is 6.30. The lowest BCUT2D eigenvalue weighted by atomic mass is 9.91. The molecule has 0 aliphatic carbocycles. The van der Waals surface area contributed by atoms with Crippen LogP contribution in [0.2, 0.25) is 5.02 Å². The molecule has 0 fully saturated rings. The van der Waals surface area contributed by atoms with Gasteiger partial charge in [-0.3, -0.25) is 4.57 Å². The average molecular weight is 444 g/mol. The van der Waals surface area contributed by atoms with E-state index < -0.39 is 0 Å². The van der Waals surface area contributed by atoms with E-state index in [4.69, 9.17) is 16.7 Å². The number of hydrazone groups is 1. The van der Waals surface area contributed by atoms with E-state index in [0.29, 0.717) is 17.5 Å². The number of aryl methyl sites for hydroxylation is 1. The van der Waals surface area contributed by atoms with Gasteiger partial charge in [-0.25, -0.2) is 9.80 Å². The molecule has 0 amide bonds. The molecule has 0 saturated heterocycles. The highest BCUT2D eigenvalue weighted by Crippen LogP contribution is 2.31. The lowest BCUT2D eigenvalue weighted by Gasteiger charge is -2.15. The predicted octanol–water partition coefficient (Wildman–Crippen LogP) is 4.54. The summed E-state index contributed by atoms with van der Waals surface area (Å²) in [6, 6.07) is 25.7. The summed E-state index contributed by atoms with van der Waals surface area (Å²) in [6.45, 7) is 2.59. The van der Waals surface area contributed by atoms with Gasteiger partial charge in [-0.15, -0.1) is 5.10 Å². The summed E-state index contributed by atoms with van der Waals surface area (Å²) in [7, 11) is 1.72. The second-order valence-electron chi connectivity index (χ2n) is 7.93. The predicted molar refractivity (Wildman–Crippen MR) is 128 cm³/mol. The minimum Gasteiger partial charge on any atom is -0.263 e. The van der Waals surface area contributed by atoms with Crippen molar-refractivity contribution in [2.75, 3.05) is 11.6 Å². The van der Waals surface area contributed by atoms with Crippen molar-refractivity contribution in [3.05, 3.63) is 111 Å². The van der Waals surface area contributed by atoms with Crippen LogP contribution in [0.5, 0.6) is 0 Å². The van der Waals surface area contributed by atoms with E-state index in [1.807, 2.05) is 78.7 Å². The Hall–Kier alpha value is -3.64. The highest BCUT2D eigenvalue weighted by atomic mass is 35.5. The third-order valence-corrected chi connectivity index (χ3v) is 5.97. The molecule has 1 aromatic heterocycles. The van der Waals surface area contributed by atoms with Gasteiger partial charge in [0.15, 0.2) is 0 Å². The molecular weight excluding hydrogens is 422 g/mol. The maximum absolute atomic E-state index is 12.9. The largest absolute Gasteiger partial charge is 0.351 e. The summed E-state index contributed by atoms with van der Waals surface area (Å²) < 4.78 is 2.96. The molecule has 0 N–H and O–H groups in total. The smallest absolute Gasteiger partial charge is 0.263 e. The second kappa shape index (κ2) is 8.13. The third kappa shape index (κ3) is 3.63. The average Bonchev–Trinajstić information content (AvgIpc) is 3.38. The number of aromatic nitrogens is 3. The molecule has 1 aliphatic rings. The van der Waals surface area contributed by atoms with Crippen molar-refractivity contribution < 1.29 is 0 Å². The van der Waals surface area contributed by atoms with Crippen molar-refractivity contribution in [3.8, 4) is 5.69 Å². The van der Waals surface area contributed by atoms with Crippen LogP contribution in [0.15, 0.2) is 88.8 Å². The lowest BCUT2D eigenvalue weighted by Crippen LogP contribution is -2.24. The Bertz CT molecular complexity index is 1340. The molecule has 0 saturated carbocycles. The van der Waals surface area contributed by atoms with Gasteiger partial charge >= 0.3 is 5.69 Å².